The zero-order chi connectivity index (χ0) is 13.4. The number of likely N-dealkylation sites (tertiary alicyclic amines) is 1. The van der Waals surface area contributed by atoms with Gasteiger partial charge in [-0.3, -0.25) is 4.79 Å². The number of benzene rings is 1. The molecular weight excluding hydrogens is 240 g/mol. The monoisotopic (exact) mass is 258 g/mol. The molecule has 100 valence electrons. The van der Waals surface area contributed by atoms with Gasteiger partial charge in [0.05, 0.1) is 6.10 Å². The lowest BCUT2D eigenvalue weighted by Gasteiger charge is -2.29. The second-order valence-corrected chi connectivity index (χ2v) is 5.17. The molecule has 2 aromatic rings. The molecule has 0 atom stereocenters. The Balaban J connectivity index is 1.91. The van der Waals surface area contributed by atoms with Crippen molar-refractivity contribution in [3.8, 4) is 0 Å². The molecular formula is C15H18N2O2. The number of rotatable bonds is 1. The SMILES string of the molecule is Cn1c(C(=O)N2CCC(O)CC2)cc2ccccc21. The molecule has 4 heteroatoms. The van der Waals surface area contributed by atoms with E-state index >= 15 is 0 Å². The number of amides is 1. The van der Waals surface area contributed by atoms with E-state index in [0.717, 1.165) is 16.6 Å². The van der Waals surface area contributed by atoms with E-state index < -0.39 is 0 Å². The highest BCUT2D eigenvalue weighted by atomic mass is 16.3. The van der Waals surface area contributed by atoms with Crippen molar-refractivity contribution < 1.29 is 9.90 Å². The minimum Gasteiger partial charge on any atom is -0.393 e. The number of aliphatic hydroxyl groups is 1. The van der Waals surface area contributed by atoms with Gasteiger partial charge >= 0.3 is 0 Å². The van der Waals surface area contributed by atoms with E-state index in [0.29, 0.717) is 25.9 Å². The summed E-state index contributed by atoms with van der Waals surface area (Å²) in [7, 11) is 1.92. The fraction of sp³-hybridized carbons (Fsp3) is 0.400. The van der Waals surface area contributed by atoms with E-state index in [2.05, 4.69) is 0 Å². The van der Waals surface area contributed by atoms with Crippen LogP contribution >= 0.6 is 0 Å². The van der Waals surface area contributed by atoms with Crippen LogP contribution in [0.1, 0.15) is 23.3 Å². The van der Waals surface area contributed by atoms with Crippen LogP contribution in [0, 0.1) is 0 Å². The average Bonchev–Trinajstić information content (AvgIpc) is 2.77. The van der Waals surface area contributed by atoms with Gasteiger partial charge in [-0.1, -0.05) is 18.2 Å². The van der Waals surface area contributed by atoms with Crippen molar-refractivity contribution in [2.75, 3.05) is 13.1 Å². The number of hydrogen-bond acceptors (Lipinski definition) is 2. The fourth-order valence-electron chi connectivity index (χ4n) is 2.73. The first-order chi connectivity index (χ1) is 9.16. The number of aliphatic hydroxyl groups excluding tert-OH is 1. The summed E-state index contributed by atoms with van der Waals surface area (Å²) in [5, 5.41) is 10.6. The first-order valence-corrected chi connectivity index (χ1v) is 6.68. The number of nitrogens with zero attached hydrogens (tertiary/aromatic N) is 2. The zero-order valence-corrected chi connectivity index (χ0v) is 11.0. The van der Waals surface area contributed by atoms with E-state index in [1.165, 1.54) is 0 Å². The summed E-state index contributed by atoms with van der Waals surface area (Å²) in [6.07, 6.45) is 1.10. The number of aromatic nitrogens is 1. The van der Waals surface area contributed by atoms with E-state index in [1.807, 2.05) is 46.8 Å². The number of para-hydroxylation sites is 1. The van der Waals surface area contributed by atoms with Crippen molar-refractivity contribution >= 4 is 16.8 Å². The molecule has 1 aromatic heterocycles. The summed E-state index contributed by atoms with van der Waals surface area (Å²) in [5.74, 6) is 0.0607. The smallest absolute Gasteiger partial charge is 0.270 e. The van der Waals surface area contributed by atoms with Gasteiger partial charge in [0.1, 0.15) is 5.69 Å². The van der Waals surface area contributed by atoms with Gasteiger partial charge in [-0.15, -0.1) is 0 Å². The summed E-state index contributed by atoms with van der Waals surface area (Å²) in [4.78, 5) is 14.4. The fourth-order valence-corrected chi connectivity index (χ4v) is 2.73. The maximum absolute atomic E-state index is 12.5. The second kappa shape index (κ2) is 4.70. The van der Waals surface area contributed by atoms with Crippen LogP contribution in [0.2, 0.25) is 0 Å². The van der Waals surface area contributed by atoms with Crippen LogP contribution in [0.4, 0.5) is 0 Å². The molecule has 2 heterocycles. The van der Waals surface area contributed by atoms with Crippen LogP contribution < -0.4 is 0 Å². The van der Waals surface area contributed by atoms with E-state index in [-0.39, 0.29) is 12.0 Å². The first-order valence-electron chi connectivity index (χ1n) is 6.68. The van der Waals surface area contributed by atoms with Crippen LogP contribution in [0.3, 0.4) is 0 Å². The molecule has 0 spiro atoms. The Hall–Kier alpha value is -1.81. The molecule has 3 rings (SSSR count). The van der Waals surface area contributed by atoms with Gasteiger partial charge in [0.2, 0.25) is 0 Å². The van der Waals surface area contributed by atoms with Gasteiger partial charge < -0.3 is 14.6 Å². The maximum Gasteiger partial charge on any atom is 0.270 e. The van der Waals surface area contributed by atoms with Crippen LogP contribution in [-0.4, -0.2) is 39.7 Å². The summed E-state index contributed by atoms with van der Waals surface area (Å²) in [6.45, 7) is 1.28. The van der Waals surface area contributed by atoms with E-state index in [4.69, 9.17) is 0 Å². The third-order valence-electron chi connectivity index (χ3n) is 3.92. The van der Waals surface area contributed by atoms with Gasteiger partial charge in [-0.25, -0.2) is 0 Å². The Labute approximate surface area is 112 Å². The van der Waals surface area contributed by atoms with Crippen LogP contribution in [0.25, 0.3) is 10.9 Å². The van der Waals surface area contributed by atoms with Crippen molar-refractivity contribution in [3.05, 3.63) is 36.0 Å². The molecule has 0 saturated carbocycles. The first kappa shape index (κ1) is 12.2. The van der Waals surface area contributed by atoms with Gasteiger partial charge in [0.15, 0.2) is 0 Å². The van der Waals surface area contributed by atoms with Gasteiger partial charge in [0, 0.05) is 31.0 Å². The van der Waals surface area contributed by atoms with E-state index in [1.54, 1.807) is 0 Å². The minimum atomic E-state index is -0.253. The number of hydrogen-bond donors (Lipinski definition) is 1. The highest BCUT2D eigenvalue weighted by Gasteiger charge is 2.24. The molecule has 0 aliphatic carbocycles. The highest BCUT2D eigenvalue weighted by Crippen LogP contribution is 2.21. The molecule has 19 heavy (non-hydrogen) atoms. The molecule has 0 unspecified atom stereocenters. The summed E-state index contributed by atoms with van der Waals surface area (Å²) in [6, 6.07) is 9.95. The van der Waals surface area contributed by atoms with E-state index in [9.17, 15) is 9.90 Å². The number of carbonyl (C=O) groups excluding carboxylic acids is 1. The Morgan fingerprint density at radius 1 is 1.26 bits per heavy atom. The molecule has 1 aliphatic rings. The third-order valence-corrected chi connectivity index (χ3v) is 3.92. The summed E-state index contributed by atoms with van der Waals surface area (Å²) < 4.78 is 1.95. The molecule has 1 aromatic carbocycles. The Morgan fingerprint density at radius 3 is 2.63 bits per heavy atom. The third kappa shape index (κ3) is 2.12. The highest BCUT2D eigenvalue weighted by molar-refractivity contribution is 5.98. The molecule has 0 radical (unpaired) electrons. The largest absolute Gasteiger partial charge is 0.393 e. The van der Waals surface area contributed by atoms with Crippen molar-refractivity contribution in [2.24, 2.45) is 7.05 Å². The number of aryl methyl sites for hydroxylation is 1. The zero-order valence-electron chi connectivity index (χ0n) is 11.0. The normalized spacial score (nSPS) is 17.1. The Morgan fingerprint density at radius 2 is 1.95 bits per heavy atom. The molecule has 1 amide bonds. The van der Waals surface area contributed by atoms with Gasteiger partial charge in [0.25, 0.3) is 5.91 Å². The molecule has 0 bridgehead atoms. The lowest BCUT2D eigenvalue weighted by atomic mass is 10.1. The molecule has 1 saturated heterocycles. The van der Waals surface area contributed by atoms with Crippen LogP contribution in [0.5, 0.6) is 0 Å². The standard InChI is InChI=1S/C15H18N2O2/c1-16-13-5-3-2-4-11(13)10-14(16)15(19)17-8-6-12(18)7-9-17/h2-5,10,12,18H,6-9H2,1H3. The number of fused-ring (bicyclic) bond motifs is 1. The minimum absolute atomic E-state index is 0.0607. The van der Waals surface area contributed by atoms with Crippen LogP contribution in [0.15, 0.2) is 30.3 Å². The Kier molecular flexibility index (Phi) is 3.03. The molecule has 4 nitrogen and oxygen atoms in total. The summed E-state index contributed by atoms with van der Waals surface area (Å²) >= 11 is 0. The Bertz CT molecular complexity index is 610. The molecule has 1 fully saturated rings. The second-order valence-electron chi connectivity index (χ2n) is 5.17. The predicted molar refractivity (Wildman–Crippen MR) is 74.1 cm³/mol. The number of carbonyl (C=O) groups is 1. The van der Waals surface area contributed by atoms with Gasteiger partial charge in [-0.05, 0) is 25.0 Å². The van der Waals surface area contributed by atoms with Crippen molar-refractivity contribution in [2.45, 2.75) is 18.9 Å². The maximum atomic E-state index is 12.5. The lowest BCUT2D eigenvalue weighted by molar-refractivity contribution is 0.0539. The predicted octanol–water partition coefficient (Wildman–Crippen LogP) is 1.78. The van der Waals surface area contributed by atoms with Crippen molar-refractivity contribution in [1.82, 2.24) is 9.47 Å². The average molecular weight is 258 g/mol. The number of piperidine rings is 1. The topological polar surface area (TPSA) is 45.5 Å². The lowest BCUT2D eigenvalue weighted by Crippen LogP contribution is -2.40. The van der Waals surface area contributed by atoms with Crippen molar-refractivity contribution in [3.63, 3.8) is 0 Å². The molecule has 1 N–H and O–H groups in total. The van der Waals surface area contributed by atoms with Crippen molar-refractivity contribution in [1.29, 1.82) is 0 Å². The van der Waals surface area contributed by atoms with Crippen LogP contribution in [-0.2, 0) is 7.05 Å². The molecule has 1 aliphatic heterocycles. The summed E-state index contributed by atoms with van der Waals surface area (Å²) in [5.41, 5.74) is 1.79. The quantitative estimate of drug-likeness (QED) is 0.847. The van der Waals surface area contributed by atoms with Gasteiger partial charge in [-0.2, -0.15) is 0 Å².